The Morgan fingerprint density at radius 3 is 2.91 bits per heavy atom. The molecule has 0 saturated carbocycles. The van der Waals surface area contributed by atoms with Gasteiger partial charge in [-0.1, -0.05) is 12.1 Å². The highest BCUT2D eigenvalue weighted by Crippen LogP contribution is 2.44. The molecule has 2 aliphatic heterocycles. The molecule has 0 radical (unpaired) electrons. The van der Waals surface area contributed by atoms with Crippen molar-refractivity contribution in [1.29, 1.82) is 0 Å². The average Bonchev–Trinajstić information content (AvgIpc) is 2.40. The van der Waals surface area contributed by atoms with E-state index in [1.54, 1.807) is 6.07 Å². The largest absolute Gasteiger partial charge is 0.449 e. The molecule has 2 heterocycles. The van der Waals surface area contributed by atoms with Crippen molar-refractivity contribution >= 4 is 5.97 Å². The maximum absolute atomic E-state index is 11.0. The standard InChI is InChI=1S/C8H4O3/c9-7-6-4-2-1-3-5(6)10-8(4)11-7/h1-3,8H. The first-order chi connectivity index (χ1) is 5.36. The monoisotopic (exact) mass is 148 g/mol. The van der Waals surface area contributed by atoms with Gasteiger partial charge >= 0.3 is 5.97 Å². The lowest BCUT2D eigenvalue weighted by Crippen LogP contribution is -2.09. The van der Waals surface area contributed by atoms with Crippen LogP contribution in [0, 0.1) is 0 Å². The van der Waals surface area contributed by atoms with Crippen molar-refractivity contribution in [2.75, 3.05) is 0 Å². The molecule has 1 atom stereocenters. The molecule has 0 spiro atoms. The fraction of sp³-hybridized carbons (Fsp3) is 0.125. The molecule has 0 aliphatic carbocycles. The predicted molar refractivity (Wildman–Crippen MR) is 35.2 cm³/mol. The molecule has 1 aromatic carbocycles. The Morgan fingerprint density at radius 1 is 1.27 bits per heavy atom. The molecular formula is C8H4O3. The first-order valence-corrected chi connectivity index (χ1v) is 3.37. The average molecular weight is 148 g/mol. The van der Waals surface area contributed by atoms with Crippen molar-refractivity contribution in [3.63, 3.8) is 0 Å². The molecule has 4 bridgehead atoms. The van der Waals surface area contributed by atoms with Crippen LogP contribution in [0.15, 0.2) is 18.2 Å². The number of rotatable bonds is 0. The zero-order valence-corrected chi connectivity index (χ0v) is 5.53. The van der Waals surface area contributed by atoms with Gasteiger partial charge in [0.05, 0.1) is 5.56 Å². The van der Waals surface area contributed by atoms with Gasteiger partial charge in [0.15, 0.2) is 0 Å². The quantitative estimate of drug-likeness (QED) is 0.519. The SMILES string of the molecule is O=C1OC2Oc3cccc2c31. The molecule has 1 unspecified atom stereocenters. The van der Waals surface area contributed by atoms with E-state index in [4.69, 9.17) is 9.47 Å². The molecule has 2 aliphatic rings. The molecule has 11 heavy (non-hydrogen) atoms. The third-order valence-corrected chi connectivity index (χ3v) is 1.96. The molecule has 0 fully saturated rings. The second-order valence-electron chi connectivity index (χ2n) is 2.58. The number of carbonyl (C=O) groups is 1. The van der Waals surface area contributed by atoms with Crippen molar-refractivity contribution in [3.8, 4) is 5.75 Å². The van der Waals surface area contributed by atoms with E-state index in [0.29, 0.717) is 11.3 Å². The molecule has 54 valence electrons. The van der Waals surface area contributed by atoms with E-state index in [0.717, 1.165) is 5.56 Å². The second-order valence-corrected chi connectivity index (χ2v) is 2.58. The van der Waals surface area contributed by atoms with Gasteiger partial charge in [-0.25, -0.2) is 4.79 Å². The highest BCUT2D eigenvalue weighted by atomic mass is 16.7. The Hall–Kier alpha value is -1.51. The zero-order chi connectivity index (χ0) is 7.42. The van der Waals surface area contributed by atoms with Crippen molar-refractivity contribution in [3.05, 3.63) is 29.3 Å². The summed E-state index contributed by atoms with van der Waals surface area (Å²) in [5.74, 6) is 0.399. The summed E-state index contributed by atoms with van der Waals surface area (Å²) in [6.07, 6.45) is -0.456. The molecule has 0 aromatic heterocycles. The highest BCUT2D eigenvalue weighted by molar-refractivity contribution is 5.98. The molecule has 3 nitrogen and oxygen atoms in total. The maximum Gasteiger partial charge on any atom is 0.345 e. The van der Waals surface area contributed by atoms with E-state index in [9.17, 15) is 4.79 Å². The van der Waals surface area contributed by atoms with Gasteiger partial charge in [-0.15, -0.1) is 0 Å². The Labute approximate surface area is 62.5 Å². The predicted octanol–water partition coefficient (Wildman–Crippen LogP) is 1.25. The summed E-state index contributed by atoms with van der Waals surface area (Å²) >= 11 is 0. The first-order valence-electron chi connectivity index (χ1n) is 3.37. The third-order valence-electron chi connectivity index (χ3n) is 1.96. The summed E-state index contributed by atoms with van der Waals surface area (Å²) in [5.41, 5.74) is 1.48. The van der Waals surface area contributed by atoms with E-state index in [2.05, 4.69) is 0 Å². The van der Waals surface area contributed by atoms with E-state index >= 15 is 0 Å². The van der Waals surface area contributed by atoms with Gasteiger partial charge in [-0.3, -0.25) is 0 Å². The molecule has 0 amide bonds. The highest BCUT2D eigenvalue weighted by Gasteiger charge is 2.41. The summed E-state index contributed by atoms with van der Waals surface area (Å²) in [5, 5.41) is 0. The first kappa shape index (κ1) is 5.18. The van der Waals surface area contributed by atoms with E-state index in [-0.39, 0.29) is 5.97 Å². The molecule has 0 N–H and O–H groups in total. The lowest BCUT2D eigenvalue weighted by molar-refractivity contribution is -0.0427. The number of benzene rings is 1. The van der Waals surface area contributed by atoms with Crippen LogP contribution in [0.2, 0.25) is 0 Å². The van der Waals surface area contributed by atoms with Crippen LogP contribution >= 0.6 is 0 Å². The Bertz CT molecular complexity index is 356. The van der Waals surface area contributed by atoms with Crippen molar-refractivity contribution in [1.82, 2.24) is 0 Å². The molecule has 0 saturated heterocycles. The van der Waals surface area contributed by atoms with Gasteiger partial charge in [0, 0.05) is 0 Å². The van der Waals surface area contributed by atoms with Gasteiger partial charge in [0.1, 0.15) is 11.3 Å². The number of esters is 1. The van der Waals surface area contributed by atoms with Gasteiger partial charge in [-0.2, -0.15) is 0 Å². The molecule has 3 rings (SSSR count). The Morgan fingerprint density at radius 2 is 2.18 bits per heavy atom. The Kier molecular flexibility index (Phi) is 0.656. The number of hydrogen-bond acceptors (Lipinski definition) is 3. The van der Waals surface area contributed by atoms with Crippen LogP contribution in [-0.4, -0.2) is 5.97 Å². The number of carbonyl (C=O) groups excluding carboxylic acids is 1. The minimum Gasteiger partial charge on any atom is -0.449 e. The van der Waals surface area contributed by atoms with Crippen LogP contribution in [0.3, 0.4) is 0 Å². The fourth-order valence-electron chi connectivity index (χ4n) is 1.48. The van der Waals surface area contributed by atoms with Gasteiger partial charge in [0.25, 0.3) is 6.29 Å². The summed E-state index contributed by atoms with van der Waals surface area (Å²) < 4.78 is 10.1. The third kappa shape index (κ3) is 0.441. The molecule has 3 heteroatoms. The van der Waals surface area contributed by atoms with Crippen LogP contribution in [0.5, 0.6) is 5.75 Å². The summed E-state index contributed by atoms with van der Waals surface area (Å²) in [4.78, 5) is 11.0. The van der Waals surface area contributed by atoms with Crippen LogP contribution in [0.4, 0.5) is 0 Å². The van der Waals surface area contributed by atoms with E-state index in [1.165, 1.54) is 0 Å². The van der Waals surface area contributed by atoms with Crippen LogP contribution < -0.4 is 4.74 Å². The summed E-state index contributed by atoms with van der Waals surface area (Å²) in [7, 11) is 0. The van der Waals surface area contributed by atoms with Gasteiger partial charge in [-0.05, 0) is 6.07 Å². The lowest BCUT2D eigenvalue weighted by atomic mass is 10.1. The maximum atomic E-state index is 11.0. The van der Waals surface area contributed by atoms with E-state index < -0.39 is 6.29 Å². The molecular weight excluding hydrogens is 144 g/mol. The zero-order valence-electron chi connectivity index (χ0n) is 5.53. The second kappa shape index (κ2) is 1.39. The van der Waals surface area contributed by atoms with E-state index in [1.807, 2.05) is 12.1 Å². The normalized spacial score (nSPS) is 23.3. The minimum absolute atomic E-state index is 0.258. The van der Waals surface area contributed by atoms with Crippen molar-refractivity contribution in [2.24, 2.45) is 0 Å². The Balaban J connectivity index is 2.42. The van der Waals surface area contributed by atoms with Crippen LogP contribution in [0.1, 0.15) is 22.2 Å². The van der Waals surface area contributed by atoms with Crippen molar-refractivity contribution in [2.45, 2.75) is 6.29 Å². The lowest BCUT2D eigenvalue weighted by Gasteiger charge is -2.10. The van der Waals surface area contributed by atoms with Gasteiger partial charge in [0.2, 0.25) is 0 Å². The fourth-order valence-corrected chi connectivity index (χ4v) is 1.48. The van der Waals surface area contributed by atoms with Gasteiger partial charge < -0.3 is 9.47 Å². The summed E-state index contributed by atoms with van der Waals surface area (Å²) in [6, 6.07) is 5.48. The van der Waals surface area contributed by atoms with Crippen LogP contribution in [-0.2, 0) is 4.74 Å². The van der Waals surface area contributed by atoms with Crippen molar-refractivity contribution < 1.29 is 14.3 Å². The smallest absolute Gasteiger partial charge is 0.345 e. The van der Waals surface area contributed by atoms with Crippen LogP contribution in [0.25, 0.3) is 0 Å². The topological polar surface area (TPSA) is 35.5 Å². The number of ether oxygens (including phenoxy) is 2. The summed E-state index contributed by atoms with van der Waals surface area (Å²) in [6.45, 7) is 0. The number of hydrogen-bond donors (Lipinski definition) is 0. The minimum atomic E-state index is -0.456. The molecule has 1 aromatic rings.